The molecule has 0 aromatic rings. The number of ether oxygens (including phenoxy) is 1. The highest BCUT2D eigenvalue weighted by Gasteiger charge is 2.36. The Morgan fingerprint density at radius 1 is 1.24 bits per heavy atom. The van der Waals surface area contributed by atoms with Crippen LogP contribution in [-0.2, 0) is 9.53 Å². The molecule has 4 heteroatoms. The van der Waals surface area contributed by atoms with Crippen LogP contribution >= 0.6 is 0 Å². The second kappa shape index (κ2) is 8.14. The first kappa shape index (κ1) is 16.8. The van der Waals surface area contributed by atoms with E-state index in [-0.39, 0.29) is 17.4 Å². The van der Waals surface area contributed by atoms with E-state index in [1.807, 2.05) is 0 Å². The Bertz CT molecular complexity index is 325. The molecule has 0 radical (unpaired) electrons. The van der Waals surface area contributed by atoms with Gasteiger partial charge in [-0.25, -0.2) is 0 Å². The lowest BCUT2D eigenvalue weighted by molar-refractivity contribution is -0.126. The fraction of sp³-hybridized carbons (Fsp3) is 0.941. The average Bonchev–Trinajstić information content (AvgIpc) is 2.47. The van der Waals surface area contributed by atoms with Gasteiger partial charge in [-0.3, -0.25) is 4.79 Å². The van der Waals surface area contributed by atoms with Gasteiger partial charge in [0.2, 0.25) is 5.91 Å². The van der Waals surface area contributed by atoms with Gasteiger partial charge in [0.25, 0.3) is 0 Å². The van der Waals surface area contributed by atoms with E-state index < -0.39 is 0 Å². The molecule has 1 saturated carbocycles. The molecule has 1 amide bonds. The zero-order chi connectivity index (χ0) is 15.1. The second-order valence-corrected chi connectivity index (χ2v) is 7.25. The summed E-state index contributed by atoms with van der Waals surface area (Å²) in [5, 5.41) is 6.42. The Morgan fingerprint density at radius 2 is 2.00 bits per heavy atom. The van der Waals surface area contributed by atoms with Crippen LogP contribution in [0, 0.1) is 5.41 Å². The lowest BCUT2D eigenvalue weighted by atomic mass is 9.77. The van der Waals surface area contributed by atoms with E-state index in [0.29, 0.717) is 6.10 Å². The molecule has 1 unspecified atom stereocenters. The summed E-state index contributed by atoms with van der Waals surface area (Å²) < 4.78 is 5.88. The molecule has 1 heterocycles. The number of carbonyl (C=O) groups is 1. The Morgan fingerprint density at radius 3 is 2.71 bits per heavy atom. The van der Waals surface area contributed by atoms with Crippen molar-refractivity contribution in [2.45, 2.75) is 77.4 Å². The van der Waals surface area contributed by atoms with Crippen LogP contribution in [0.1, 0.15) is 65.2 Å². The summed E-state index contributed by atoms with van der Waals surface area (Å²) in [5.41, 5.74) is 0.0565. The van der Waals surface area contributed by atoms with Crippen molar-refractivity contribution in [2.24, 2.45) is 5.41 Å². The molecule has 4 nitrogen and oxygen atoms in total. The maximum absolute atomic E-state index is 12.3. The predicted octanol–water partition coefficient (Wildman–Crippen LogP) is 2.62. The summed E-state index contributed by atoms with van der Waals surface area (Å²) in [7, 11) is 0. The zero-order valence-electron chi connectivity index (χ0n) is 13.7. The molecule has 2 fully saturated rings. The van der Waals surface area contributed by atoms with Crippen molar-refractivity contribution in [2.75, 3.05) is 19.7 Å². The Hall–Kier alpha value is -0.610. The maximum Gasteiger partial charge on any atom is 0.237 e. The van der Waals surface area contributed by atoms with Crippen molar-refractivity contribution in [3.63, 3.8) is 0 Å². The van der Waals surface area contributed by atoms with Gasteiger partial charge < -0.3 is 15.4 Å². The van der Waals surface area contributed by atoms with Gasteiger partial charge in [-0.05, 0) is 44.1 Å². The number of hydrogen-bond donors (Lipinski definition) is 2. The van der Waals surface area contributed by atoms with Gasteiger partial charge in [0.05, 0.1) is 12.1 Å². The summed E-state index contributed by atoms with van der Waals surface area (Å²) in [5.74, 6) is 0.150. The SMILES string of the molecule is CC1(C)CCCNC1C(=O)NCCCOC1CCCCC1. The van der Waals surface area contributed by atoms with Crippen LogP contribution in [0.4, 0.5) is 0 Å². The van der Waals surface area contributed by atoms with E-state index in [9.17, 15) is 4.79 Å². The summed E-state index contributed by atoms with van der Waals surface area (Å²) >= 11 is 0. The van der Waals surface area contributed by atoms with Gasteiger partial charge in [-0.2, -0.15) is 0 Å². The van der Waals surface area contributed by atoms with Crippen molar-refractivity contribution in [3.05, 3.63) is 0 Å². The van der Waals surface area contributed by atoms with Crippen LogP contribution in [0.25, 0.3) is 0 Å². The number of carbonyl (C=O) groups excluding carboxylic acids is 1. The summed E-state index contributed by atoms with van der Waals surface area (Å²) in [6.07, 6.45) is 10.1. The van der Waals surface area contributed by atoms with E-state index >= 15 is 0 Å². The largest absolute Gasteiger partial charge is 0.378 e. The Kier molecular flexibility index (Phi) is 6.49. The first-order valence-corrected chi connectivity index (χ1v) is 8.72. The minimum absolute atomic E-state index is 0.0505. The molecule has 1 aliphatic heterocycles. The van der Waals surface area contributed by atoms with Crippen LogP contribution in [-0.4, -0.2) is 37.7 Å². The van der Waals surface area contributed by atoms with Gasteiger partial charge in [0.1, 0.15) is 0 Å². The van der Waals surface area contributed by atoms with Crippen molar-refractivity contribution in [3.8, 4) is 0 Å². The highest BCUT2D eigenvalue weighted by Crippen LogP contribution is 2.30. The second-order valence-electron chi connectivity index (χ2n) is 7.25. The molecule has 2 N–H and O–H groups in total. The molecule has 1 atom stereocenters. The van der Waals surface area contributed by atoms with Crippen LogP contribution < -0.4 is 10.6 Å². The molecule has 21 heavy (non-hydrogen) atoms. The highest BCUT2D eigenvalue weighted by molar-refractivity contribution is 5.82. The highest BCUT2D eigenvalue weighted by atomic mass is 16.5. The van der Waals surface area contributed by atoms with Crippen LogP contribution in [0.2, 0.25) is 0 Å². The molecular formula is C17H32N2O2. The zero-order valence-corrected chi connectivity index (χ0v) is 13.7. The molecule has 0 aromatic heterocycles. The predicted molar refractivity (Wildman–Crippen MR) is 85.3 cm³/mol. The first-order valence-electron chi connectivity index (χ1n) is 8.72. The standard InChI is InChI=1S/C17H32N2O2/c1-17(2)10-6-11-18-15(17)16(20)19-12-7-13-21-14-8-4-3-5-9-14/h14-15,18H,3-13H2,1-2H3,(H,19,20). The van der Waals surface area contributed by atoms with Gasteiger partial charge in [0.15, 0.2) is 0 Å². The average molecular weight is 296 g/mol. The number of hydrogen-bond acceptors (Lipinski definition) is 3. The van der Waals surface area contributed by atoms with E-state index in [1.54, 1.807) is 0 Å². The van der Waals surface area contributed by atoms with Crippen molar-refractivity contribution in [1.82, 2.24) is 10.6 Å². The van der Waals surface area contributed by atoms with E-state index in [1.165, 1.54) is 32.1 Å². The summed E-state index contributed by atoms with van der Waals surface area (Å²) in [4.78, 5) is 12.3. The summed E-state index contributed by atoms with van der Waals surface area (Å²) in [6, 6.07) is -0.0505. The minimum atomic E-state index is -0.0505. The third kappa shape index (κ3) is 5.26. The smallest absolute Gasteiger partial charge is 0.237 e. The lowest BCUT2D eigenvalue weighted by Gasteiger charge is -2.38. The monoisotopic (exact) mass is 296 g/mol. The lowest BCUT2D eigenvalue weighted by Crippen LogP contribution is -2.55. The Balaban J connectivity index is 1.58. The molecule has 0 spiro atoms. The molecule has 0 bridgehead atoms. The topological polar surface area (TPSA) is 50.4 Å². The van der Waals surface area contributed by atoms with Gasteiger partial charge >= 0.3 is 0 Å². The fourth-order valence-electron chi connectivity index (χ4n) is 3.53. The summed E-state index contributed by atoms with van der Waals surface area (Å²) in [6.45, 7) is 6.80. The number of piperidine rings is 1. The van der Waals surface area contributed by atoms with Gasteiger partial charge in [-0.1, -0.05) is 33.1 Å². The molecular weight excluding hydrogens is 264 g/mol. The number of amides is 1. The van der Waals surface area contributed by atoms with E-state index in [2.05, 4.69) is 24.5 Å². The quantitative estimate of drug-likeness (QED) is 0.741. The maximum atomic E-state index is 12.3. The molecule has 122 valence electrons. The third-order valence-corrected chi connectivity index (χ3v) is 4.92. The van der Waals surface area contributed by atoms with Crippen LogP contribution in [0.15, 0.2) is 0 Å². The van der Waals surface area contributed by atoms with Crippen molar-refractivity contribution >= 4 is 5.91 Å². The molecule has 2 rings (SSSR count). The number of nitrogens with one attached hydrogen (secondary N) is 2. The normalized spacial score (nSPS) is 26.5. The Labute approximate surface area is 129 Å². The molecule has 2 aliphatic rings. The molecule has 0 aromatic carbocycles. The molecule has 1 saturated heterocycles. The third-order valence-electron chi connectivity index (χ3n) is 4.92. The number of rotatable bonds is 6. The van der Waals surface area contributed by atoms with Gasteiger partial charge in [-0.15, -0.1) is 0 Å². The molecule has 1 aliphatic carbocycles. The first-order chi connectivity index (χ1) is 10.1. The minimum Gasteiger partial charge on any atom is -0.378 e. The van der Waals surface area contributed by atoms with E-state index in [0.717, 1.165) is 39.0 Å². The fourth-order valence-corrected chi connectivity index (χ4v) is 3.53. The van der Waals surface area contributed by atoms with Gasteiger partial charge in [0, 0.05) is 13.2 Å². The van der Waals surface area contributed by atoms with Crippen LogP contribution in [0.3, 0.4) is 0 Å². The van der Waals surface area contributed by atoms with Crippen LogP contribution in [0.5, 0.6) is 0 Å². The van der Waals surface area contributed by atoms with E-state index in [4.69, 9.17) is 4.74 Å². The van der Waals surface area contributed by atoms with Crippen molar-refractivity contribution < 1.29 is 9.53 Å². The van der Waals surface area contributed by atoms with Crippen molar-refractivity contribution in [1.29, 1.82) is 0 Å².